The molecule has 7 heteroatoms. The van der Waals surface area contributed by atoms with Crippen molar-refractivity contribution in [3.05, 3.63) is 34.9 Å². The van der Waals surface area contributed by atoms with Crippen LogP contribution in [-0.2, 0) is 28.7 Å². The fourth-order valence-corrected chi connectivity index (χ4v) is 4.88. The number of benzene rings is 1. The van der Waals surface area contributed by atoms with E-state index < -0.39 is 11.7 Å². The summed E-state index contributed by atoms with van der Waals surface area (Å²) in [5.41, 5.74) is 0.424. The van der Waals surface area contributed by atoms with Crippen LogP contribution in [0.25, 0.3) is 0 Å². The fraction of sp³-hybridized carbons (Fsp3) is 0.667. The minimum Gasteiger partial charge on any atom is -0.381 e. The Morgan fingerprint density at radius 3 is 2.64 bits per heavy atom. The molecule has 1 saturated heterocycles. The quantitative estimate of drug-likeness (QED) is 0.850. The van der Waals surface area contributed by atoms with Gasteiger partial charge in [0, 0.05) is 44.3 Å². The number of nitrogens with one attached hydrogen (secondary N) is 1. The molecular formula is C21H27F3N2O2. The maximum Gasteiger partial charge on any atom is 0.416 e. The summed E-state index contributed by atoms with van der Waals surface area (Å²) in [6.07, 6.45) is 0.614. The van der Waals surface area contributed by atoms with Crippen LogP contribution in [0.3, 0.4) is 0 Å². The third-order valence-electron chi connectivity index (χ3n) is 6.36. The zero-order chi connectivity index (χ0) is 19.7. The first kappa shape index (κ1) is 19.7. The molecule has 1 amide bonds. The molecule has 4 nitrogen and oxygen atoms in total. The first-order chi connectivity index (χ1) is 13.4. The Balaban J connectivity index is 1.36. The van der Waals surface area contributed by atoms with Gasteiger partial charge in [-0.15, -0.1) is 0 Å². The number of hydrogen-bond acceptors (Lipinski definition) is 3. The lowest BCUT2D eigenvalue weighted by Gasteiger charge is -2.32. The van der Waals surface area contributed by atoms with Gasteiger partial charge in [-0.2, -0.15) is 13.2 Å². The third kappa shape index (κ3) is 4.20. The lowest BCUT2D eigenvalue weighted by Crippen LogP contribution is -2.42. The van der Waals surface area contributed by atoms with Crippen molar-refractivity contribution in [3.63, 3.8) is 0 Å². The van der Waals surface area contributed by atoms with Crippen molar-refractivity contribution in [2.75, 3.05) is 19.8 Å². The zero-order valence-electron chi connectivity index (χ0n) is 15.9. The van der Waals surface area contributed by atoms with E-state index in [0.717, 1.165) is 51.4 Å². The minimum atomic E-state index is -4.34. The topological polar surface area (TPSA) is 41.6 Å². The van der Waals surface area contributed by atoms with Crippen LogP contribution >= 0.6 is 0 Å². The van der Waals surface area contributed by atoms with Gasteiger partial charge in [0.15, 0.2) is 0 Å². The predicted molar refractivity (Wildman–Crippen MR) is 98.7 cm³/mol. The van der Waals surface area contributed by atoms with Crippen LogP contribution in [0.4, 0.5) is 13.2 Å². The fourth-order valence-electron chi connectivity index (χ4n) is 4.88. The highest BCUT2D eigenvalue weighted by Gasteiger charge is 2.38. The van der Waals surface area contributed by atoms with Gasteiger partial charge in [0.1, 0.15) is 0 Å². The highest BCUT2D eigenvalue weighted by Crippen LogP contribution is 2.36. The number of amides is 1. The van der Waals surface area contributed by atoms with Crippen LogP contribution in [0, 0.1) is 5.92 Å². The van der Waals surface area contributed by atoms with Gasteiger partial charge in [0.05, 0.1) is 5.56 Å². The summed E-state index contributed by atoms with van der Waals surface area (Å²) in [5.74, 6) is 0.0732. The van der Waals surface area contributed by atoms with E-state index in [1.165, 1.54) is 6.07 Å². The van der Waals surface area contributed by atoms with Crippen molar-refractivity contribution in [2.45, 2.75) is 63.3 Å². The van der Waals surface area contributed by atoms with Crippen molar-refractivity contribution in [1.29, 1.82) is 0 Å². The number of halogens is 3. The summed E-state index contributed by atoms with van der Waals surface area (Å²) in [7, 11) is 0. The monoisotopic (exact) mass is 396 g/mol. The van der Waals surface area contributed by atoms with Crippen molar-refractivity contribution < 1.29 is 22.7 Å². The van der Waals surface area contributed by atoms with Crippen molar-refractivity contribution in [2.24, 2.45) is 5.92 Å². The summed E-state index contributed by atoms with van der Waals surface area (Å²) in [6, 6.07) is 5.12. The van der Waals surface area contributed by atoms with Crippen LogP contribution in [-0.4, -0.2) is 42.6 Å². The van der Waals surface area contributed by atoms with Crippen LogP contribution in [0.1, 0.15) is 48.8 Å². The van der Waals surface area contributed by atoms with Crippen molar-refractivity contribution in [1.82, 2.24) is 10.2 Å². The molecule has 154 valence electrons. The van der Waals surface area contributed by atoms with E-state index in [9.17, 15) is 18.0 Å². The molecule has 1 aromatic carbocycles. The van der Waals surface area contributed by atoms with Gasteiger partial charge in [-0.25, -0.2) is 0 Å². The van der Waals surface area contributed by atoms with E-state index >= 15 is 0 Å². The second kappa shape index (κ2) is 8.03. The summed E-state index contributed by atoms with van der Waals surface area (Å²) in [4.78, 5) is 14.7. The van der Waals surface area contributed by atoms with E-state index in [2.05, 4.69) is 5.32 Å². The Bertz CT molecular complexity index is 716. The van der Waals surface area contributed by atoms with E-state index in [-0.39, 0.29) is 24.8 Å². The Morgan fingerprint density at radius 1 is 1.11 bits per heavy atom. The van der Waals surface area contributed by atoms with Gasteiger partial charge in [-0.05, 0) is 55.7 Å². The molecule has 2 atom stereocenters. The van der Waals surface area contributed by atoms with Crippen molar-refractivity contribution >= 4 is 5.91 Å². The van der Waals surface area contributed by atoms with Gasteiger partial charge in [0.2, 0.25) is 5.91 Å². The zero-order valence-corrected chi connectivity index (χ0v) is 15.9. The summed E-state index contributed by atoms with van der Waals surface area (Å²) in [6.45, 7) is 2.24. The molecule has 1 saturated carbocycles. The van der Waals surface area contributed by atoms with E-state index in [1.807, 2.05) is 0 Å². The Hall–Kier alpha value is -1.60. The Labute approximate surface area is 163 Å². The number of nitrogens with zero attached hydrogens (tertiary/aromatic N) is 1. The number of carbonyl (C=O) groups excluding carboxylic acids is 1. The molecule has 28 heavy (non-hydrogen) atoms. The molecule has 0 bridgehead atoms. The van der Waals surface area contributed by atoms with Crippen LogP contribution < -0.4 is 5.32 Å². The lowest BCUT2D eigenvalue weighted by molar-refractivity contribution is -0.139. The second-order valence-electron chi connectivity index (χ2n) is 8.21. The largest absolute Gasteiger partial charge is 0.416 e. The molecule has 1 N–H and O–H groups in total. The average Bonchev–Trinajstić information content (AvgIpc) is 3.15. The molecule has 2 heterocycles. The highest BCUT2D eigenvalue weighted by atomic mass is 19.4. The average molecular weight is 396 g/mol. The summed E-state index contributed by atoms with van der Waals surface area (Å²) >= 11 is 0. The predicted octanol–water partition coefficient (Wildman–Crippen LogP) is 3.53. The van der Waals surface area contributed by atoms with E-state index in [0.29, 0.717) is 29.8 Å². The smallest absolute Gasteiger partial charge is 0.381 e. The summed E-state index contributed by atoms with van der Waals surface area (Å²) < 4.78 is 45.0. The number of hydrogen-bond donors (Lipinski definition) is 1. The molecule has 3 aliphatic rings. The molecule has 0 spiro atoms. The molecule has 0 aromatic heterocycles. The van der Waals surface area contributed by atoms with Crippen molar-refractivity contribution in [3.8, 4) is 0 Å². The van der Waals surface area contributed by atoms with Gasteiger partial charge in [0.25, 0.3) is 0 Å². The summed E-state index contributed by atoms with van der Waals surface area (Å²) in [5, 5.41) is 3.67. The number of rotatable bonds is 3. The first-order valence-corrected chi connectivity index (χ1v) is 10.2. The third-order valence-corrected chi connectivity index (χ3v) is 6.36. The molecule has 0 unspecified atom stereocenters. The minimum absolute atomic E-state index is 0.0234. The number of fused-ring (bicyclic) bond motifs is 1. The molecular weight excluding hydrogens is 369 g/mol. The highest BCUT2D eigenvalue weighted by molar-refractivity contribution is 5.79. The second-order valence-corrected chi connectivity index (χ2v) is 8.21. The normalized spacial score (nSPS) is 26.3. The Kier molecular flexibility index (Phi) is 5.65. The molecule has 0 radical (unpaired) electrons. The molecule has 2 fully saturated rings. The van der Waals surface area contributed by atoms with Crippen LogP contribution in [0.5, 0.6) is 0 Å². The number of carbonyl (C=O) groups is 1. The Morgan fingerprint density at radius 2 is 1.89 bits per heavy atom. The lowest BCUT2D eigenvalue weighted by atomic mass is 9.93. The van der Waals surface area contributed by atoms with Gasteiger partial charge in [-0.3, -0.25) is 4.79 Å². The molecule has 1 aliphatic carbocycles. The number of alkyl halides is 3. The van der Waals surface area contributed by atoms with Gasteiger partial charge < -0.3 is 15.0 Å². The van der Waals surface area contributed by atoms with Crippen LogP contribution in [0.2, 0.25) is 0 Å². The van der Waals surface area contributed by atoms with Crippen LogP contribution in [0.15, 0.2) is 18.2 Å². The molecule has 2 aliphatic heterocycles. The van der Waals surface area contributed by atoms with Gasteiger partial charge in [-0.1, -0.05) is 12.1 Å². The van der Waals surface area contributed by atoms with E-state index in [1.54, 1.807) is 11.0 Å². The first-order valence-electron chi connectivity index (χ1n) is 10.2. The van der Waals surface area contributed by atoms with E-state index in [4.69, 9.17) is 4.74 Å². The molecule has 1 aromatic rings. The number of ether oxygens (including phenoxy) is 1. The SMILES string of the molecule is O=C([C@H]1CC[C@@H](NC2CCOCC2)C1)N1CCc2c(cccc2C(F)(F)F)C1. The standard InChI is InChI=1S/C21H27F3N2O2/c22-21(23,24)19-3-1-2-15-13-26(9-6-18(15)19)20(27)14-4-5-17(12-14)25-16-7-10-28-11-8-16/h1-3,14,16-17,25H,4-13H2/t14-,17+/m0/s1. The van der Waals surface area contributed by atoms with Gasteiger partial charge >= 0.3 is 6.18 Å². The molecule has 4 rings (SSSR count). The maximum atomic E-state index is 13.2. The maximum absolute atomic E-state index is 13.2.